The Morgan fingerprint density at radius 3 is 3.10 bits per heavy atom. The Bertz CT molecular complexity index is 507. The summed E-state index contributed by atoms with van der Waals surface area (Å²) in [5.74, 6) is 0.0113. The first kappa shape index (κ1) is 14.7. The Hall–Kier alpha value is -1.66. The van der Waals surface area contributed by atoms with Gasteiger partial charge in [-0.15, -0.1) is 0 Å². The van der Waals surface area contributed by atoms with Crippen molar-refractivity contribution < 1.29 is 9.53 Å². The maximum atomic E-state index is 12.1. The van der Waals surface area contributed by atoms with Crippen LogP contribution in [0.4, 0.5) is 5.69 Å². The van der Waals surface area contributed by atoms with E-state index in [-0.39, 0.29) is 17.4 Å². The van der Waals surface area contributed by atoms with Crippen molar-refractivity contribution in [1.29, 1.82) is 0 Å². The van der Waals surface area contributed by atoms with Crippen molar-refractivity contribution in [3.8, 4) is 0 Å². The monoisotopic (exact) mass is 279 g/mol. The van der Waals surface area contributed by atoms with Crippen LogP contribution in [0.5, 0.6) is 0 Å². The van der Waals surface area contributed by atoms with Crippen LogP contribution in [-0.4, -0.2) is 37.3 Å². The summed E-state index contributed by atoms with van der Waals surface area (Å²) >= 11 is 0. The fourth-order valence-electron chi connectivity index (χ4n) is 2.29. The molecule has 20 heavy (non-hydrogen) atoms. The molecule has 6 heteroatoms. The number of hydrogen-bond donors (Lipinski definition) is 2. The van der Waals surface area contributed by atoms with Gasteiger partial charge >= 0.3 is 0 Å². The second kappa shape index (κ2) is 7.21. The van der Waals surface area contributed by atoms with Crippen molar-refractivity contribution in [2.24, 2.45) is 5.92 Å². The number of carbonyl (C=O) groups excluding carboxylic acids is 1. The molecule has 0 aliphatic carbocycles. The Labute approximate surface area is 118 Å². The first-order valence-corrected chi connectivity index (χ1v) is 6.91. The Morgan fingerprint density at radius 1 is 1.55 bits per heavy atom. The molecule has 0 aromatic carbocycles. The van der Waals surface area contributed by atoms with E-state index in [4.69, 9.17) is 4.74 Å². The van der Waals surface area contributed by atoms with Gasteiger partial charge in [-0.1, -0.05) is 0 Å². The largest absolute Gasteiger partial charge is 0.383 e. The number of methoxy groups -OCH3 is 1. The molecule has 2 heterocycles. The predicted molar refractivity (Wildman–Crippen MR) is 76.8 cm³/mol. The summed E-state index contributed by atoms with van der Waals surface area (Å²) in [6.45, 7) is 2.63. The van der Waals surface area contributed by atoms with E-state index in [1.54, 1.807) is 19.4 Å². The van der Waals surface area contributed by atoms with Crippen LogP contribution >= 0.6 is 0 Å². The number of pyridine rings is 1. The summed E-state index contributed by atoms with van der Waals surface area (Å²) in [4.78, 5) is 23.8. The predicted octanol–water partition coefficient (Wildman–Crippen LogP) is 0.433. The van der Waals surface area contributed by atoms with Crippen LogP contribution in [0.1, 0.15) is 12.8 Å². The van der Waals surface area contributed by atoms with E-state index in [9.17, 15) is 9.59 Å². The van der Waals surface area contributed by atoms with Crippen molar-refractivity contribution >= 4 is 11.6 Å². The molecule has 1 aliphatic heterocycles. The van der Waals surface area contributed by atoms with Crippen molar-refractivity contribution in [3.63, 3.8) is 0 Å². The third-order valence-corrected chi connectivity index (χ3v) is 3.45. The number of nitrogens with one attached hydrogen (secondary N) is 2. The fraction of sp³-hybridized carbons (Fsp3) is 0.571. The number of rotatable bonds is 5. The second-order valence-electron chi connectivity index (χ2n) is 4.97. The smallest absolute Gasteiger partial charge is 0.250 e. The SMILES string of the molecule is COCCn1cc(NC(=O)C2CCCNC2)ccc1=O. The lowest BCUT2D eigenvalue weighted by Crippen LogP contribution is -2.37. The van der Waals surface area contributed by atoms with E-state index in [0.29, 0.717) is 18.8 Å². The number of anilines is 1. The standard InChI is InChI=1S/C14H21N3O3/c1-20-8-7-17-10-12(4-5-13(17)18)16-14(19)11-3-2-6-15-9-11/h4-5,10-11,15H,2-3,6-9H2,1H3,(H,16,19). The van der Waals surface area contributed by atoms with Crippen molar-refractivity contribution in [1.82, 2.24) is 9.88 Å². The molecule has 1 saturated heterocycles. The molecule has 110 valence electrons. The summed E-state index contributed by atoms with van der Waals surface area (Å²) in [7, 11) is 1.59. The number of amides is 1. The molecule has 1 amide bonds. The molecule has 2 rings (SSSR count). The minimum atomic E-state index is -0.0978. The van der Waals surface area contributed by atoms with Crippen LogP contribution in [0.3, 0.4) is 0 Å². The highest BCUT2D eigenvalue weighted by Crippen LogP contribution is 2.13. The minimum absolute atomic E-state index is 0.00287. The average Bonchev–Trinajstić information content (AvgIpc) is 2.48. The van der Waals surface area contributed by atoms with Crippen LogP contribution in [0.2, 0.25) is 0 Å². The maximum Gasteiger partial charge on any atom is 0.250 e. The number of aromatic nitrogens is 1. The molecular formula is C14H21N3O3. The zero-order valence-electron chi connectivity index (χ0n) is 11.7. The quantitative estimate of drug-likeness (QED) is 0.820. The molecule has 1 aromatic heterocycles. The highest BCUT2D eigenvalue weighted by Gasteiger charge is 2.20. The molecule has 1 aromatic rings. The summed E-state index contributed by atoms with van der Waals surface area (Å²) in [6, 6.07) is 3.10. The van der Waals surface area contributed by atoms with Crippen LogP contribution < -0.4 is 16.2 Å². The molecule has 0 radical (unpaired) electrons. The van der Waals surface area contributed by atoms with Gasteiger partial charge in [0, 0.05) is 32.5 Å². The van der Waals surface area contributed by atoms with Gasteiger partial charge in [-0.25, -0.2) is 0 Å². The zero-order chi connectivity index (χ0) is 14.4. The fourth-order valence-corrected chi connectivity index (χ4v) is 2.29. The first-order chi connectivity index (χ1) is 9.70. The van der Waals surface area contributed by atoms with Crippen LogP contribution in [0.25, 0.3) is 0 Å². The highest BCUT2D eigenvalue weighted by molar-refractivity contribution is 5.92. The molecule has 1 atom stereocenters. The number of piperidine rings is 1. The van der Waals surface area contributed by atoms with Gasteiger partial charge in [-0.05, 0) is 25.5 Å². The summed E-state index contributed by atoms with van der Waals surface area (Å²) in [5, 5.41) is 6.09. The summed E-state index contributed by atoms with van der Waals surface area (Å²) in [6.07, 6.45) is 3.59. The van der Waals surface area contributed by atoms with Crippen LogP contribution in [-0.2, 0) is 16.1 Å². The van der Waals surface area contributed by atoms with E-state index in [2.05, 4.69) is 10.6 Å². The third kappa shape index (κ3) is 3.91. The lowest BCUT2D eigenvalue weighted by atomic mass is 9.99. The molecular weight excluding hydrogens is 258 g/mol. The Balaban J connectivity index is 2.01. The van der Waals surface area contributed by atoms with Crippen LogP contribution in [0, 0.1) is 5.92 Å². The first-order valence-electron chi connectivity index (χ1n) is 6.91. The van der Waals surface area contributed by atoms with E-state index in [0.717, 1.165) is 25.9 Å². The van der Waals surface area contributed by atoms with Gasteiger partial charge in [0.15, 0.2) is 0 Å². The van der Waals surface area contributed by atoms with Gasteiger partial charge in [0.25, 0.3) is 5.56 Å². The Morgan fingerprint density at radius 2 is 2.40 bits per heavy atom. The topological polar surface area (TPSA) is 72.4 Å². The van der Waals surface area contributed by atoms with E-state index >= 15 is 0 Å². The van der Waals surface area contributed by atoms with E-state index in [1.165, 1.54) is 10.6 Å². The molecule has 0 saturated carbocycles. The van der Waals surface area contributed by atoms with Crippen LogP contribution in [0.15, 0.2) is 23.1 Å². The molecule has 2 N–H and O–H groups in total. The van der Waals surface area contributed by atoms with E-state index < -0.39 is 0 Å². The van der Waals surface area contributed by atoms with E-state index in [1.807, 2.05) is 0 Å². The summed E-state index contributed by atoms with van der Waals surface area (Å²) in [5.41, 5.74) is 0.552. The minimum Gasteiger partial charge on any atom is -0.383 e. The molecule has 1 fully saturated rings. The molecule has 1 aliphatic rings. The van der Waals surface area contributed by atoms with Gasteiger partial charge in [-0.3, -0.25) is 9.59 Å². The van der Waals surface area contributed by atoms with Gasteiger partial charge < -0.3 is 19.9 Å². The van der Waals surface area contributed by atoms with Crippen molar-refractivity contribution in [2.45, 2.75) is 19.4 Å². The second-order valence-corrected chi connectivity index (χ2v) is 4.97. The number of carbonyl (C=O) groups is 1. The van der Waals surface area contributed by atoms with Gasteiger partial charge in [0.05, 0.1) is 18.2 Å². The normalized spacial score (nSPS) is 18.8. The van der Waals surface area contributed by atoms with Gasteiger partial charge in [-0.2, -0.15) is 0 Å². The summed E-state index contributed by atoms with van der Waals surface area (Å²) < 4.78 is 6.50. The average molecular weight is 279 g/mol. The van der Waals surface area contributed by atoms with Crippen molar-refractivity contribution in [2.75, 3.05) is 32.1 Å². The van der Waals surface area contributed by atoms with Gasteiger partial charge in [0.1, 0.15) is 0 Å². The lowest BCUT2D eigenvalue weighted by molar-refractivity contribution is -0.120. The zero-order valence-corrected chi connectivity index (χ0v) is 11.7. The highest BCUT2D eigenvalue weighted by atomic mass is 16.5. The maximum absolute atomic E-state index is 12.1. The number of nitrogens with zero attached hydrogens (tertiary/aromatic N) is 1. The molecule has 6 nitrogen and oxygen atoms in total. The third-order valence-electron chi connectivity index (χ3n) is 3.45. The Kier molecular flexibility index (Phi) is 5.31. The van der Waals surface area contributed by atoms with Crippen molar-refractivity contribution in [3.05, 3.63) is 28.7 Å². The molecule has 0 spiro atoms. The van der Waals surface area contributed by atoms with Gasteiger partial charge in [0.2, 0.25) is 5.91 Å². The molecule has 0 bridgehead atoms. The molecule has 1 unspecified atom stereocenters. The number of hydrogen-bond acceptors (Lipinski definition) is 4. The number of ether oxygens (including phenoxy) is 1. The lowest BCUT2D eigenvalue weighted by Gasteiger charge is -2.22.